The van der Waals surface area contributed by atoms with Crippen molar-refractivity contribution in [2.75, 3.05) is 0 Å². The van der Waals surface area contributed by atoms with E-state index < -0.39 is 0 Å². The van der Waals surface area contributed by atoms with E-state index in [9.17, 15) is 4.39 Å². The van der Waals surface area contributed by atoms with Crippen molar-refractivity contribution in [1.82, 2.24) is 0 Å². The van der Waals surface area contributed by atoms with Gasteiger partial charge in [0.2, 0.25) is 0 Å². The highest BCUT2D eigenvalue weighted by molar-refractivity contribution is 9.10. The normalized spacial score (nSPS) is 8.75. The maximum absolute atomic E-state index is 12.7. The summed E-state index contributed by atoms with van der Waals surface area (Å²) in [6.45, 7) is 6.00. The van der Waals surface area contributed by atoms with Gasteiger partial charge in [0.25, 0.3) is 0 Å². The number of aryl methyl sites for hydroxylation is 1. The molecule has 0 amide bonds. The predicted molar refractivity (Wildman–Crippen MR) is 54.8 cm³/mol. The fourth-order valence-corrected chi connectivity index (χ4v) is 1.37. The van der Waals surface area contributed by atoms with Gasteiger partial charge in [-0.1, -0.05) is 32.9 Å². The van der Waals surface area contributed by atoms with Gasteiger partial charge in [0.15, 0.2) is 0 Å². The summed E-state index contributed by atoms with van der Waals surface area (Å²) in [7, 11) is 0. The topological polar surface area (TPSA) is 0 Å². The van der Waals surface area contributed by atoms with Crippen LogP contribution in [-0.2, 0) is 6.42 Å². The molecule has 1 aromatic carbocycles. The summed E-state index contributed by atoms with van der Waals surface area (Å²) in [4.78, 5) is 0. The van der Waals surface area contributed by atoms with Crippen molar-refractivity contribution in [3.05, 3.63) is 34.1 Å². The fraction of sp³-hybridized carbons (Fsp3) is 0.400. The van der Waals surface area contributed by atoms with Crippen LogP contribution in [0.1, 0.15) is 26.3 Å². The molecule has 0 radical (unpaired) electrons. The highest BCUT2D eigenvalue weighted by Crippen LogP contribution is 2.20. The third kappa shape index (κ3) is 2.94. The Kier molecular flexibility index (Phi) is 5.99. The molecule has 0 bridgehead atoms. The van der Waals surface area contributed by atoms with Gasteiger partial charge in [-0.15, -0.1) is 0 Å². The standard InChI is InChI=1S/C8H8BrF.C2H6/c1-2-6-4-3-5-7(10)8(6)9;1-2/h3-5H,2H2,1H3;1-2H3. The second-order valence-corrected chi connectivity index (χ2v) is 2.86. The molecule has 0 nitrogen and oxygen atoms in total. The van der Waals surface area contributed by atoms with E-state index in [0.717, 1.165) is 12.0 Å². The first-order valence-electron chi connectivity index (χ1n) is 4.18. The maximum atomic E-state index is 12.7. The highest BCUT2D eigenvalue weighted by Gasteiger charge is 2.00. The van der Waals surface area contributed by atoms with Gasteiger partial charge in [-0.25, -0.2) is 4.39 Å². The Morgan fingerprint density at radius 3 is 2.33 bits per heavy atom. The number of hydrogen-bond acceptors (Lipinski definition) is 0. The summed E-state index contributed by atoms with van der Waals surface area (Å²) in [6.07, 6.45) is 0.859. The molecule has 0 saturated heterocycles. The zero-order chi connectivity index (χ0) is 9.56. The molecule has 2 heteroatoms. The molecule has 0 spiro atoms. The van der Waals surface area contributed by atoms with E-state index in [1.165, 1.54) is 6.07 Å². The van der Waals surface area contributed by atoms with Crippen LogP contribution in [0.4, 0.5) is 4.39 Å². The monoisotopic (exact) mass is 232 g/mol. The van der Waals surface area contributed by atoms with Crippen LogP contribution in [0, 0.1) is 5.82 Å². The van der Waals surface area contributed by atoms with Gasteiger partial charge in [-0.05, 0) is 34.0 Å². The molecule has 0 saturated carbocycles. The van der Waals surface area contributed by atoms with Crippen molar-refractivity contribution in [2.45, 2.75) is 27.2 Å². The van der Waals surface area contributed by atoms with Gasteiger partial charge >= 0.3 is 0 Å². The summed E-state index contributed by atoms with van der Waals surface area (Å²) in [6, 6.07) is 5.08. The Morgan fingerprint density at radius 1 is 1.33 bits per heavy atom. The smallest absolute Gasteiger partial charge is 0.137 e. The van der Waals surface area contributed by atoms with E-state index >= 15 is 0 Å². The minimum absolute atomic E-state index is 0.181. The molecule has 0 N–H and O–H groups in total. The van der Waals surface area contributed by atoms with Crippen LogP contribution in [0.15, 0.2) is 22.7 Å². The molecule has 68 valence electrons. The minimum atomic E-state index is -0.181. The lowest BCUT2D eigenvalue weighted by atomic mass is 10.2. The molecular formula is C10H14BrF. The average Bonchev–Trinajstić information content (AvgIpc) is 2.13. The summed E-state index contributed by atoms with van der Waals surface area (Å²) >= 11 is 3.17. The third-order valence-corrected chi connectivity index (χ3v) is 2.30. The predicted octanol–water partition coefficient (Wildman–Crippen LogP) is 4.18. The largest absolute Gasteiger partial charge is 0.206 e. The van der Waals surface area contributed by atoms with Gasteiger partial charge < -0.3 is 0 Å². The molecule has 12 heavy (non-hydrogen) atoms. The van der Waals surface area contributed by atoms with Crippen molar-refractivity contribution < 1.29 is 4.39 Å². The fourth-order valence-electron chi connectivity index (χ4n) is 0.822. The van der Waals surface area contributed by atoms with Crippen LogP contribution in [0.3, 0.4) is 0 Å². The van der Waals surface area contributed by atoms with Gasteiger partial charge in [-0.2, -0.15) is 0 Å². The first kappa shape index (κ1) is 11.6. The van der Waals surface area contributed by atoms with E-state index in [4.69, 9.17) is 0 Å². The lowest BCUT2D eigenvalue weighted by Crippen LogP contribution is -1.84. The van der Waals surface area contributed by atoms with Crippen molar-refractivity contribution in [1.29, 1.82) is 0 Å². The van der Waals surface area contributed by atoms with Crippen LogP contribution in [0.2, 0.25) is 0 Å². The van der Waals surface area contributed by atoms with Crippen LogP contribution in [0.25, 0.3) is 0 Å². The number of benzene rings is 1. The van der Waals surface area contributed by atoms with Crippen LogP contribution in [-0.4, -0.2) is 0 Å². The second-order valence-electron chi connectivity index (χ2n) is 2.07. The molecule has 1 rings (SSSR count). The van der Waals surface area contributed by atoms with Crippen LogP contribution >= 0.6 is 15.9 Å². The summed E-state index contributed by atoms with van der Waals surface area (Å²) in [5, 5.41) is 0. The molecule has 0 heterocycles. The van der Waals surface area contributed by atoms with Crippen molar-refractivity contribution in [2.24, 2.45) is 0 Å². The number of rotatable bonds is 1. The van der Waals surface area contributed by atoms with Crippen molar-refractivity contribution in [3.8, 4) is 0 Å². The van der Waals surface area contributed by atoms with Crippen LogP contribution in [0.5, 0.6) is 0 Å². The lowest BCUT2D eigenvalue weighted by molar-refractivity contribution is 0.618. The van der Waals surface area contributed by atoms with E-state index in [0.29, 0.717) is 4.47 Å². The zero-order valence-electron chi connectivity index (χ0n) is 7.70. The van der Waals surface area contributed by atoms with Gasteiger partial charge in [0.1, 0.15) is 5.82 Å². The first-order chi connectivity index (χ1) is 5.75. The van der Waals surface area contributed by atoms with Gasteiger partial charge in [0.05, 0.1) is 4.47 Å². The van der Waals surface area contributed by atoms with E-state index in [1.807, 2.05) is 26.8 Å². The van der Waals surface area contributed by atoms with Gasteiger partial charge in [0, 0.05) is 0 Å². The summed E-state index contributed by atoms with van der Waals surface area (Å²) in [5.74, 6) is -0.181. The Bertz CT molecular complexity index is 233. The van der Waals surface area contributed by atoms with E-state index in [1.54, 1.807) is 6.07 Å². The van der Waals surface area contributed by atoms with E-state index in [2.05, 4.69) is 15.9 Å². The number of halogens is 2. The number of hydrogen-bond donors (Lipinski definition) is 0. The molecule has 0 unspecified atom stereocenters. The minimum Gasteiger partial charge on any atom is -0.206 e. The Labute approximate surface area is 81.9 Å². The Balaban J connectivity index is 0.000000561. The van der Waals surface area contributed by atoms with Crippen molar-refractivity contribution in [3.63, 3.8) is 0 Å². The molecule has 0 aliphatic heterocycles. The lowest BCUT2D eigenvalue weighted by Gasteiger charge is -1.99. The Hall–Kier alpha value is -0.370. The first-order valence-corrected chi connectivity index (χ1v) is 4.98. The molecule has 0 fully saturated rings. The summed E-state index contributed by atoms with van der Waals surface area (Å²) in [5.41, 5.74) is 1.01. The second kappa shape index (κ2) is 6.18. The van der Waals surface area contributed by atoms with Crippen LogP contribution < -0.4 is 0 Å². The van der Waals surface area contributed by atoms with E-state index in [-0.39, 0.29) is 5.82 Å². The molecule has 1 aromatic rings. The molecule has 0 aromatic heterocycles. The average molecular weight is 233 g/mol. The summed E-state index contributed by atoms with van der Waals surface area (Å²) < 4.78 is 13.3. The van der Waals surface area contributed by atoms with Gasteiger partial charge in [-0.3, -0.25) is 0 Å². The molecule has 0 atom stereocenters. The van der Waals surface area contributed by atoms with Crippen molar-refractivity contribution >= 4 is 15.9 Å². The Morgan fingerprint density at radius 2 is 1.92 bits per heavy atom. The third-order valence-electron chi connectivity index (χ3n) is 1.41. The SMILES string of the molecule is CC.CCc1cccc(F)c1Br. The molecule has 0 aliphatic rings. The highest BCUT2D eigenvalue weighted by atomic mass is 79.9. The zero-order valence-corrected chi connectivity index (χ0v) is 9.28. The quantitative estimate of drug-likeness (QED) is 0.682. The molecule has 0 aliphatic carbocycles. The maximum Gasteiger partial charge on any atom is 0.137 e. The molecular weight excluding hydrogens is 219 g/mol.